The summed E-state index contributed by atoms with van der Waals surface area (Å²) in [5.41, 5.74) is 2.36. The van der Waals surface area contributed by atoms with Crippen LogP contribution in [0.1, 0.15) is 21.7 Å². The first kappa shape index (κ1) is 16.3. The monoisotopic (exact) mass is 351 g/mol. The summed E-state index contributed by atoms with van der Waals surface area (Å²) >= 11 is 0. The van der Waals surface area contributed by atoms with Crippen molar-refractivity contribution in [3.05, 3.63) is 83.4 Å². The number of amides is 1. The Morgan fingerprint density at radius 3 is 2.58 bits per heavy atom. The minimum atomic E-state index is -0.307. The van der Waals surface area contributed by atoms with Crippen molar-refractivity contribution in [1.29, 1.82) is 0 Å². The number of carbonyl (C=O) groups excluding carboxylic acids is 1. The fraction of sp³-hybridized carbons (Fsp3) is 0.200. The van der Waals surface area contributed by atoms with Gasteiger partial charge in [-0.05, 0) is 35.9 Å². The first-order valence-corrected chi connectivity index (χ1v) is 8.47. The Kier molecular flexibility index (Phi) is 4.39. The fourth-order valence-corrected chi connectivity index (χ4v) is 3.00. The lowest BCUT2D eigenvalue weighted by atomic mass is 10.2. The standard InChI is InChI=1S/C20H18FN3O2/c21-16-6-8-18(9-7-16)26-14-17-12-19-20(25)23(10-11-24(19)22-17)13-15-4-2-1-3-5-15/h1-9,12H,10-11,13-14H2. The summed E-state index contributed by atoms with van der Waals surface area (Å²) in [7, 11) is 0. The van der Waals surface area contributed by atoms with Crippen molar-refractivity contribution in [2.45, 2.75) is 19.7 Å². The van der Waals surface area contributed by atoms with Crippen LogP contribution in [0.2, 0.25) is 0 Å². The molecule has 0 bridgehead atoms. The largest absolute Gasteiger partial charge is 0.487 e. The van der Waals surface area contributed by atoms with Crippen LogP contribution in [0.4, 0.5) is 4.39 Å². The van der Waals surface area contributed by atoms with Gasteiger partial charge in [-0.3, -0.25) is 9.48 Å². The molecule has 0 atom stereocenters. The average Bonchev–Trinajstić information content (AvgIpc) is 3.09. The quantitative estimate of drug-likeness (QED) is 0.709. The van der Waals surface area contributed by atoms with Crippen LogP contribution in [-0.2, 0) is 19.7 Å². The summed E-state index contributed by atoms with van der Waals surface area (Å²) < 4.78 is 20.3. The predicted octanol–water partition coefficient (Wildman–Crippen LogP) is 3.26. The summed E-state index contributed by atoms with van der Waals surface area (Å²) in [5.74, 6) is 0.231. The van der Waals surface area contributed by atoms with E-state index in [1.54, 1.807) is 22.9 Å². The van der Waals surface area contributed by atoms with Crippen LogP contribution in [-0.4, -0.2) is 27.1 Å². The minimum Gasteiger partial charge on any atom is -0.487 e. The fourth-order valence-electron chi connectivity index (χ4n) is 3.00. The van der Waals surface area contributed by atoms with Crippen LogP contribution in [0.25, 0.3) is 0 Å². The second-order valence-electron chi connectivity index (χ2n) is 6.20. The molecular weight excluding hydrogens is 333 g/mol. The molecule has 1 amide bonds. The molecule has 0 N–H and O–H groups in total. The van der Waals surface area contributed by atoms with Crippen LogP contribution in [0, 0.1) is 5.82 Å². The Labute approximate surface area is 150 Å². The van der Waals surface area contributed by atoms with Crippen molar-refractivity contribution >= 4 is 5.91 Å². The third kappa shape index (κ3) is 3.44. The zero-order valence-corrected chi connectivity index (χ0v) is 14.1. The van der Waals surface area contributed by atoms with Crippen molar-refractivity contribution in [2.24, 2.45) is 0 Å². The molecule has 6 heteroatoms. The number of ether oxygens (including phenoxy) is 1. The number of carbonyl (C=O) groups is 1. The Morgan fingerprint density at radius 2 is 1.81 bits per heavy atom. The third-order valence-electron chi connectivity index (χ3n) is 4.34. The van der Waals surface area contributed by atoms with E-state index in [2.05, 4.69) is 5.10 Å². The van der Waals surface area contributed by atoms with E-state index < -0.39 is 0 Å². The van der Waals surface area contributed by atoms with E-state index in [-0.39, 0.29) is 18.3 Å². The highest BCUT2D eigenvalue weighted by atomic mass is 19.1. The Balaban J connectivity index is 1.44. The number of hydrogen-bond acceptors (Lipinski definition) is 3. The maximum atomic E-state index is 12.9. The molecule has 0 spiro atoms. The molecule has 4 rings (SSSR count). The van der Waals surface area contributed by atoms with E-state index >= 15 is 0 Å². The Hall–Kier alpha value is -3.15. The SMILES string of the molecule is O=C1c2cc(COc3ccc(F)cc3)nn2CCN1Cc1ccccc1. The lowest BCUT2D eigenvalue weighted by molar-refractivity contribution is 0.0683. The van der Waals surface area contributed by atoms with Gasteiger partial charge in [0, 0.05) is 13.1 Å². The van der Waals surface area contributed by atoms with Gasteiger partial charge in [-0.2, -0.15) is 5.10 Å². The average molecular weight is 351 g/mol. The molecule has 1 aliphatic rings. The molecule has 0 saturated carbocycles. The van der Waals surface area contributed by atoms with Crippen molar-refractivity contribution in [3.63, 3.8) is 0 Å². The van der Waals surface area contributed by atoms with E-state index in [1.165, 1.54) is 12.1 Å². The van der Waals surface area contributed by atoms with Gasteiger partial charge in [0.1, 0.15) is 29.6 Å². The Bertz CT molecular complexity index is 907. The summed E-state index contributed by atoms with van der Waals surface area (Å²) in [4.78, 5) is 14.6. The van der Waals surface area contributed by atoms with Crippen LogP contribution in [0.15, 0.2) is 60.7 Å². The van der Waals surface area contributed by atoms with Gasteiger partial charge in [0.15, 0.2) is 0 Å². The van der Waals surface area contributed by atoms with Crippen LogP contribution >= 0.6 is 0 Å². The number of nitrogens with zero attached hydrogens (tertiary/aromatic N) is 3. The second-order valence-corrected chi connectivity index (χ2v) is 6.20. The third-order valence-corrected chi connectivity index (χ3v) is 4.34. The van der Waals surface area contributed by atoms with Gasteiger partial charge in [-0.15, -0.1) is 0 Å². The summed E-state index contributed by atoms with van der Waals surface area (Å²) in [5, 5.41) is 4.45. The molecule has 132 valence electrons. The molecule has 2 heterocycles. The molecule has 0 radical (unpaired) electrons. The van der Waals surface area contributed by atoms with Crippen molar-refractivity contribution in [1.82, 2.24) is 14.7 Å². The number of fused-ring (bicyclic) bond motifs is 1. The van der Waals surface area contributed by atoms with Crippen molar-refractivity contribution in [3.8, 4) is 5.75 Å². The maximum Gasteiger partial charge on any atom is 0.272 e. The van der Waals surface area contributed by atoms with Crippen molar-refractivity contribution in [2.75, 3.05) is 6.54 Å². The predicted molar refractivity (Wildman–Crippen MR) is 94.1 cm³/mol. The highest BCUT2D eigenvalue weighted by Gasteiger charge is 2.26. The maximum absolute atomic E-state index is 12.9. The topological polar surface area (TPSA) is 47.4 Å². The summed E-state index contributed by atoms with van der Waals surface area (Å²) in [6, 6.07) is 17.5. The van der Waals surface area contributed by atoms with Crippen LogP contribution in [0.3, 0.4) is 0 Å². The van der Waals surface area contributed by atoms with E-state index in [0.29, 0.717) is 36.8 Å². The normalized spacial score (nSPS) is 13.6. The molecular formula is C20H18FN3O2. The summed E-state index contributed by atoms with van der Waals surface area (Å²) in [6.07, 6.45) is 0. The van der Waals surface area contributed by atoms with Gasteiger partial charge in [0.05, 0.1) is 6.54 Å². The number of hydrogen-bond donors (Lipinski definition) is 0. The second kappa shape index (κ2) is 7.00. The van der Waals surface area contributed by atoms with Crippen LogP contribution < -0.4 is 4.74 Å². The van der Waals surface area contributed by atoms with E-state index in [0.717, 1.165) is 5.56 Å². The lowest BCUT2D eigenvalue weighted by Crippen LogP contribution is -2.39. The van der Waals surface area contributed by atoms with E-state index in [1.807, 2.05) is 35.2 Å². The molecule has 2 aromatic carbocycles. The lowest BCUT2D eigenvalue weighted by Gasteiger charge is -2.27. The number of benzene rings is 2. The zero-order valence-electron chi connectivity index (χ0n) is 14.1. The van der Waals surface area contributed by atoms with Gasteiger partial charge in [0.2, 0.25) is 0 Å². The molecule has 3 aromatic rings. The highest BCUT2D eigenvalue weighted by molar-refractivity contribution is 5.93. The summed E-state index contributed by atoms with van der Waals surface area (Å²) in [6.45, 7) is 2.11. The van der Waals surface area contributed by atoms with Gasteiger partial charge in [-0.1, -0.05) is 30.3 Å². The van der Waals surface area contributed by atoms with Crippen LogP contribution in [0.5, 0.6) is 5.75 Å². The molecule has 0 saturated heterocycles. The van der Waals surface area contributed by atoms with E-state index in [9.17, 15) is 9.18 Å². The molecule has 1 aliphatic heterocycles. The molecule has 26 heavy (non-hydrogen) atoms. The molecule has 0 fully saturated rings. The number of aromatic nitrogens is 2. The smallest absolute Gasteiger partial charge is 0.272 e. The zero-order chi connectivity index (χ0) is 17.9. The minimum absolute atomic E-state index is 0.0272. The Morgan fingerprint density at radius 1 is 1.04 bits per heavy atom. The molecule has 1 aromatic heterocycles. The highest BCUT2D eigenvalue weighted by Crippen LogP contribution is 2.18. The number of halogens is 1. The number of rotatable bonds is 5. The van der Waals surface area contributed by atoms with Gasteiger partial charge < -0.3 is 9.64 Å². The van der Waals surface area contributed by atoms with Gasteiger partial charge in [0.25, 0.3) is 5.91 Å². The molecule has 5 nitrogen and oxygen atoms in total. The first-order valence-electron chi connectivity index (χ1n) is 8.47. The molecule has 0 aliphatic carbocycles. The first-order chi connectivity index (χ1) is 12.7. The van der Waals surface area contributed by atoms with Gasteiger partial charge >= 0.3 is 0 Å². The van der Waals surface area contributed by atoms with Crippen molar-refractivity contribution < 1.29 is 13.9 Å². The van der Waals surface area contributed by atoms with Gasteiger partial charge in [-0.25, -0.2) is 4.39 Å². The molecule has 0 unspecified atom stereocenters. The van der Waals surface area contributed by atoms with E-state index in [4.69, 9.17) is 4.74 Å².